The van der Waals surface area contributed by atoms with E-state index in [4.69, 9.17) is 9.47 Å². The molecule has 1 aliphatic rings. The number of amides is 2. The molecule has 0 aliphatic carbocycles. The smallest absolute Gasteiger partial charge is 0.322 e. The van der Waals surface area contributed by atoms with E-state index in [1.165, 1.54) is 0 Å². The molecule has 1 fully saturated rings. The van der Waals surface area contributed by atoms with Gasteiger partial charge in [0, 0.05) is 12.2 Å². The molecule has 110 valence electrons. The zero-order chi connectivity index (χ0) is 14.5. The highest BCUT2D eigenvalue weighted by Gasteiger charge is 2.25. The zero-order valence-corrected chi connectivity index (χ0v) is 13.3. The molecule has 0 bridgehead atoms. The average Bonchev–Trinajstić information content (AvgIpc) is 2.47. The Morgan fingerprint density at radius 1 is 1.60 bits per heavy atom. The minimum atomic E-state index is -0.0859. The predicted octanol–water partition coefficient (Wildman–Crippen LogP) is 3.10. The third-order valence-corrected chi connectivity index (χ3v) is 3.98. The highest BCUT2D eigenvalue weighted by atomic mass is 79.9. The number of halogens is 1. The lowest BCUT2D eigenvalue weighted by Crippen LogP contribution is -2.50. The number of morpholine rings is 1. The Hall–Kier alpha value is -1.27. The molecule has 6 heteroatoms. The number of hydrogen-bond acceptors (Lipinski definition) is 3. The SMILES string of the molecule is CC[C@@H]1COCCN1C(=O)Nc1ccc(OC)c(Br)c1. The summed E-state index contributed by atoms with van der Waals surface area (Å²) in [6.45, 7) is 3.89. The van der Waals surface area contributed by atoms with Crippen molar-refractivity contribution in [3.8, 4) is 5.75 Å². The molecule has 1 saturated heterocycles. The second-order valence-corrected chi connectivity index (χ2v) is 5.46. The van der Waals surface area contributed by atoms with E-state index in [0.29, 0.717) is 19.8 Å². The van der Waals surface area contributed by atoms with Crippen LogP contribution in [0.4, 0.5) is 10.5 Å². The number of anilines is 1. The molecule has 1 heterocycles. The van der Waals surface area contributed by atoms with Crippen LogP contribution < -0.4 is 10.1 Å². The van der Waals surface area contributed by atoms with Crippen LogP contribution in [-0.2, 0) is 4.74 Å². The molecule has 20 heavy (non-hydrogen) atoms. The van der Waals surface area contributed by atoms with Crippen molar-refractivity contribution in [1.29, 1.82) is 0 Å². The summed E-state index contributed by atoms with van der Waals surface area (Å²) in [7, 11) is 1.61. The molecule has 0 saturated carbocycles. The summed E-state index contributed by atoms with van der Waals surface area (Å²) in [6, 6.07) is 5.53. The van der Waals surface area contributed by atoms with Gasteiger partial charge in [-0.2, -0.15) is 0 Å². The first-order chi connectivity index (χ1) is 9.65. The third kappa shape index (κ3) is 3.43. The van der Waals surface area contributed by atoms with Crippen LogP contribution in [0, 0.1) is 0 Å². The Morgan fingerprint density at radius 2 is 2.40 bits per heavy atom. The number of ether oxygens (including phenoxy) is 2. The average molecular weight is 343 g/mol. The van der Waals surface area contributed by atoms with E-state index >= 15 is 0 Å². The van der Waals surface area contributed by atoms with E-state index in [1.807, 2.05) is 23.1 Å². The summed E-state index contributed by atoms with van der Waals surface area (Å²) < 4.78 is 11.4. The first kappa shape index (κ1) is 15.1. The molecule has 0 radical (unpaired) electrons. The molecule has 1 N–H and O–H groups in total. The van der Waals surface area contributed by atoms with E-state index < -0.39 is 0 Å². The summed E-state index contributed by atoms with van der Waals surface area (Å²) in [5.74, 6) is 0.737. The quantitative estimate of drug-likeness (QED) is 0.918. The van der Waals surface area contributed by atoms with Crippen LogP contribution in [-0.4, -0.2) is 43.8 Å². The maximum atomic E-state index is 12.3. The van der Waals surface area contributed by atoms with Crippen LogP contribution in [0.2, 0.25) is 0 Å². The predicted molar refractivity (Wildman–Crippen MR) is 81.3 cm³/mol. The Morgan fingerprint density at radius 3 is 3.05 bits per heavy atom. The molecule has 1 aromatic carbocycles. The molecule has 0 unspecified atom stereocenters. The minimum absolute atomic E-state index is 0.0859. The summed E-state index contributed by atoms with van der Waals surface area (Å²) in [6.07, 6.45) is 0.889. The second-order valence-electron chi connectivity index (χ2n) is 4.61. The van der Waals surface area contributed by atoms with Gasteiger partial charge in [0.1, 0.15) is 5.75 Å². The van der Waals surface area contributed by atoms with Crippen molar-refractivity contribution < 1.29 is 14.3 Å². The maximum Gasteiger partial charge on any atom is 0.322 e. The summed E-state index contributed by atoms with van der Waals surface area (Å²) >= 11 is 3.41. The lowest BCUT2D eigenvalue weighted by molar-refractivity contribution is 0.0144. The Labute approximate surface area is 127 Å². The van der Waals surface area contributed by atoms with Crippen molar-refractivity contribution in [2.75, 3.05) is 32.2 Å². The summed E-state index contributed by atoms with van der Waals surface area (Å²) in [4.78, 5) is 14.2. The second kappa shape index (κ2) is 6.95. The fraction of sp³-hybridized carbons (Fsp3) is 0.500. The molecule has 5 nitrogen and oxygen atoms in total. The molecular weight excluding hydrogens is 324 g/mol. The van der Waals surface area contributed by atoms with Gasteiger partial charge in [-0.05, 0) is 40.5 Å². The van der Waals surface area contributed by atoms with E-state index in [0.717, 1.165) is 22.3 Å². The topological polar surface area (TPSA) is 50.8 Å². The summed E-state index contributed by atoms with van der Waals surface area (Å²) in [5, 5.41) is 2.91. The van der Waals surface area contributed by atoms with E-state index in [9.17, 15) is 4.79 Å². The van der Waals surface area contributed by atoms with E-state index in [2.05, 4.69) is 28.2 Å². The van der Waals surface area contributed by atoms with Gasteiger partial charge in [-0.1, -0.05) is 6.92 Å². The fourth-order valence-electron chi connectivity index (χ4n) is 2.20. The Kier molecular flexibility index (Phi) is 5.25. The van der Waals surface area contributed by atoms with Crippen molar-refractivity contribution in [3.63, 3.8) is 0 Å². The first-order valence-electron chi connectivity index (χ1n) is 6.64. The number of hydrogen-bond donors (Lipinski definition) is 1. The number of nitrogens with one attached hydrogen (secondary N) is 1. The zero-order valence-electron chi connectivity index (χ0n) is 11.7. The van der Waals surface area contributed by atoms with E-state index in [-0.39, 0.29) is 12.1 Å². The first-order valence-corrected chi connectivity index (χ1v) is 7.44. The van der Waals surface area contributed by atoms with Crippen LogP contribution in [0.1, 0.15) is 13.3 Å². The van der Waals surface area contributed by atoms with Crippen molar-refractivity contribution >= 4 is 27.6 Å². The fourth-order valence-corrected chi connectivity index (χ4v) is 2.74. The van der Waals surface area contributed by atoms with Gasteiger partial charge in [0.2, 0.25) is 0 Å². The number of rotatable bonds is 3. The highest BCUT2D eigenvalue weighted by molar-refractivity contribution is 9.10. The van der Waals surface area contributed by atoms with Gasteiger partial charge in [-0.25, -0.2) is 4.79 Å². The number of methoxy groups -OCH3 is 1. The third-order valence-electron chi connectivity index (χ3n) is 3.36. The van der Waals surface area contributed by atoms with Gasteiger partial charge in [0.05, 0.1) is 30.8 Å². The number of carbonyl (C=O) groups excluding carboxylic acids is 1. The standard InChI is InChI=1S/C14H19BrN2O3/c1-3-11-9-20-7-6-17(11)14(18)16-10-4-5-13(19-2)12(15)8-10/h4-5,8,11H,3,6-7,9H2,1-2H3,(H,16,18)/t11-/m1/s1. The van der Waals surface area contributed by atoms with Crippen LogP contribution in [0.3, 0.4) is 0 Å². The molecule has 0 spiro atoms. The van der Waals surface area contributed by atoms with Crippen LogP contribution >= 0.6 is 15.9 Å². The van der Waals surface area contributed by atoms with Crippen LogP contribution in [0.25, 0.3) is 0 Å². The van der Waals surface area contributed by atoms with Gasteiger partial charge < -0.3 is 19.7 Å². The molecule has 1 aromatic rings. The largest absolute Gasteiger partial charge is 0.496 e. The van der Waals surface area contributed by atoms with Crippen LogP contribution in [0.5, 0.6) is 5.75 Å². The number of nitrogens with zero attached hydrogens (tertiary/aromatic N) is 1. The van der Waals surface area contributed by atoms with Crippen molar-refractivity contribution in [1.82, 2.24) is 4.90 Å². The maximum absolute atomic E-state index is 12.3. The number of carbonyl (C=O) groups is 1. The molecular formula is C14H19BrN2O3. The summed E-state index contributed by atoms with van der Waals surface area (Å²) in [5.41, 5.74) is 0.740. The van der Waals surface area contributed by atoms with Crippen LogP contribution in [0.15, 0.2) is 22.7 Å². The molecule has 0 aromatic heterocycles. The van der Waals surface area contributed by atoms with Gasteiger partial charge in [-0.15, -0.1) is 0 Å². The van der Waals surface area contributed by atoms with Crippen molar-refractivity contribution in [2.24, 2.45) is 0 Å². The monoisotopic (exact) mass is 342 g/mol. The molecule has 1 atom stereocenters. The molecule has 2 rings (SSSR count). The molecule has 1 aliphatic heterocycles. The highest BCUT2D eigenvalue weighted by Crippen LogP contribution is 2.28. The van der Waals surface area contributed by atoms with Gasteiger partial charge in [-0.3, -0.25) is 0 Å². The normalized spacial score (nSPS) is 18.8. The Bertz CT molecular complexity index is 481. The van der Waals surface area contributed by atoms with E-state index in [1.54, 1.807) is 7.11 Å². The minimum Gasteiger partial charge on any atom is -0.496 e. The van der Waals surface area contributed by atoms with Gasteiger partial charge in [0.15, 0.2) is 0 Å². The number of urea groups is 1. The van der Waals surface area contributed by atoms with Gasteiger partial charge >= 0.3 is 6.03 Å². The van der Waals surface area contributed by atoms with Crippen molar-refractivity contribution in [3.05, 3.63) is 22.7 Å². The molecule has 2 amide bonds. The number of benzene rings is 1. The van der Waals surface area contributed by atoms with Crippen molar-refractivity contribution in [2.45, 2.75) is 19.4 Å². The lowest BCUT2D eigenvalue weighted by atomic mass is 10.2. The lowest BCUT2D eigenvalue weighted by Gasteiger charge is -2.35. The Balaban J connectivity index is 2.05. The van der Waals surface area contributed by atoms with Gasteiger partial charge in [0.25, 0.3) is 0 Å².